The minimum atomic E-state index is -1.10. The zero-order valence-corrected chi connectivity index (χ0v) is 12.7. The van der Waals surface area contributed by atoms with Crippen LogP contribution < -0.4 is 9.47 Å². The first kappa shape index (κ1) is 15.7. The van der Waals surface area contributed by atoms with Crippen molar-refractivity contribution in [2.24, 2.45) is 0 Å². The third-order valence-electron chi connectivity index (χ3n) is 3.45. The third kappa shape index (κ3) is 3.12. The maximum absolute atomic E-state index is 13.2. The molecule has 1 aliphatic rings. The highest BCUT2D eigenvalue weighted by Crippen LogP contribution is 2.35. The number of carboxylic acids is 1. The lowest BCUT2D eigenvalue weighted by Crippen LogP contribution is -2.22. The number of ether oxygens (including phenoxy) is 2. The lowest BCUT2D eigenvalue weighted by Gasteiger charge is -2.10. The van der Waals surface area contributed by atoms with E-state index in [9.17, 15) is 14.0 Å². The summed E-state index contributed by atoms with van der Waals surface area (Å²) in [6.07, 6.45) is 0.425. The SMILES string of the molecule is CC(Oc1ccc2c(c1)OC(=Cc1cccc(F)c1)C2=O)C(=O)O. The number of hydrogen-bond acceptors (Lipinski definition) is 4. The molecule has 3 rings (SSSR count). The van der Waals surface area contributed by atoms with Crippen molar-refractivity contribution in [3.63, 3.8) is 0 Å². The molecule has 0 bridgehead atoms. The molecule has 6 heteroatoms. The molecular formula is C18H13FO5. The van der Waals surface area contributed by atoms with E-state index in [0.29, 0.717) is 11.1 Å². The van der Waals surface area contributed by atoms with Crippen LogP contribution in [0.3, 0.4) is 0 Å². The molecule has 24 heavy (non-hydrogen) atoms. The number of carbonyl (C=O) groups excluding carboxylic acids is 1. The highest BCUT2D eigenvalue weighted by molar-refractivity contribution is 6.14. The fourth-order valence-corrected chi connectivity index (χ4v) is 2.24. The molecule has 1 N–H and O–H groups in total. The third-order valence-corrected chi connectivity index (χ3v) is 3.45. The van der Waals surface area contributed by atoms with E-state index in [4.69, 9.17) is 14.6 Å². The van der Waals surface area contributed by atoms with E-state index in [1.54, 1.807) is 6.07 Å². The number of ketones is 1. The highest BCUT2D eigenvalue weighted by atomic mass is 19.1. The van der Waals surface area contributed by atoms with E-state index in [0.717, 1.165) is 0 Å². The van der Waals surface area contributed by atoms with Crippen LogP contribution in [0.15, 0.2) is 48.2 Å². The Hall–Kier alpha value is -3.15. The molecule has 0 aromatic heterocycles. The molecule has 122 valence electrons. The van der Waals surface area contributed by atoms with Crippen molar-refractivity contribution in [3.8, 4) is 11.5 Å². The van der Waals surface area contributed by atoms with Crippen LogP contribution in [0.1, 0.15) is 22.8 Å². The van der Waals surface area contributed by atoms with Gasteiger partial charge in [0.2, 0.25) is 5.78 Å². The van der Waals surface area contributed by atoms with Gasteiger partial charge in [-0.25, -0.2) is 9.18 Å². The van der Waals surface area contributed by atoms with E-state index in [-0.39, 0.29) is 23.0 Å². The fourth-order valence-electron chi connectivity index (χ4n) is 2.24. The Morgan fingerprint density at radius 3 is 2.79 bits per heavy atom. The van der Waals surface area contributed by atoms with Gasteiger partial charge in [0.25, 0.3) is 0 Å². The summed E-state index contributed by atoms with van der Waals surface area (Å²) in [5, 5.41) is 8.86. The summed E-state index contributed by atoms with van der Waals surface area (Å²) in [5.74, 6) is -1.21. The second-order valence-corrected chi connectivity index (χ2v) is 5.25. The normalized spacial score (nSPS) is 15.8. The summed E-state index contributed by atoms with van der Waals surface area (Å²) in [6.45, 7) is 1.40. The van der Waals surface area contributed by atoms with Gasteiger partial charge >= 0.3 is 5.97 Å². The molecule has 0 aliphatic carbocycles. The quantitative estimate of drug-likeness (QED) is 0.872. The van der Waals surface area contributed by atoms with E-state index < -0.39 is 17.9 Å². The number of carbonyl (C=O) groups is 2. The van der Waals surface area contributed by atoms with Gasteiger partial charge < -0.3 is 14.6 Å². The largest absolute Gasteiger partial charge is 0.479 e. The lowest BCUT2D eigenvalue weighted by atomic mass is 10.1. The highest BCUT2D eigenvalue weighted by Gasteiger charge is 2.28. The summed E-state index contributed by atoms with van der Waals surface area (Å²) in [4.78, 5) is 23.1. The molecule has 0 saturated carbocycles. The summed E-state index contributed by atoms with van der Waals surface area (Å²) < 4.78 is 24.0. The van der Waals surface area contributed by atoms with Gasteiger partial charge in [-0.05, 0) is 42.8 Å². The average molecular weight is 328 g/mol. The Morgan fingerprint density at radius 1 is 1.29 bits per heavy atom. The van der Waals surface area contributed by atoms with Crippen LogP contribution in [0.4, 0.5) is 4.39 Å². The van der Waals surface area contributed by atoms with Crippen molar-refractivity contribution in [2.45, 2.75) is 13.0 Å². The predicted octanol–water partition coefficient (Wildman–Crippen LogP) is 3.29. The Morgan fingerprint density at radius 2 is 2.08 bits per heavy atom. The van der Waals surface area contributed by atoms with Gasteiger partial charge in [-0.2, -0.15) is 0 Å². The number of allylic oxidation sites excluding steroid dienone is 1. The monoisotopic (exact) mass is 328 g/mol. The predicted molar refractivity (Wildman–Crippen MR) is 83.5 cm³/mol. The topological polar surface area (TPSA) is 72.8 Å². The van der Waals surface area contributed by atoms with Crippen LogP contribution >= 0.6 is 0 Å². The summed E-state index contributed by atoms with van der Waals surface area (Å²) >= 11 is 0. The molecule has 0 saturated heterocycles. The first-order valence-electron chi connectivity index (χ1n) is 7.17. The molecule has 1 heterocycles. The number of Topliss-reactive ketones (excluding diaryl/α,β-unsaturated/α-hetero) is 1. The van der Waals surface area contributed by atoms with Crippen molar-refractivity contribution < 1.29 is 28.6 Å². The molecule has 0 spiro atoms. The fraction of sp³-hybridized carbons (Fsp3) is 0.111. The zero-order valence-electron chi connectivity index (χ0n) is 12.7. The van der Waals surface area contributed by atoms with Crippen molar-refractivity contribution >= 4 is 17.8 Å². The summed E-state index contributed by atoms with van der Waals surface area (Å²) in [7, 11) is 0. The Kier molecular flexibility index (Phi) is 4.04. The molecule has 1 aliphatic heterocycles. The number of benzene rings is 2. The first-order valence-corrected chi connectivity index (χ1v) is 7.17. The van der Waals surface area contributed by atoms with Crippen molar-refractivity contribution in [1.29, 1.82) is 0 Å². The van der Waals surface area contributed by atoms with Crippen molar-refractivity contribution in [1.82, 2.24) is 0 Å². The number of carboxylic acid groups (broad SMARTS) is 1. The van der Waals surface area contributed by atoms with Gasteiger partial charge in [0.05, 0.1) is 5.56 Å². The van der Waals surface area contributed by atoms with Crippen LogP contribution in [0.25, 0.3) is 6.08 Å². The summed E-state index contributed by atoms with van der Waals surface area (Å²) in [6, 6.07) is 10.3. The van der Waals surface area contributed by atoms with Gasteiger partial charge in [-0.3, -0.25) is 4.79 Å². The van der Waals surface area contributed by atoms with Gasteiger partial charge in [0.1, 0.15) is 17.3 Å². The Balaban J connectivity index is 1.86. The second-order valence-electron chi connectivity index (χ2n) is 5.25. The number of hydrogen-bond donors (Lipinski definition) is 1. The molecular weight excluding hydrogens is 315 g/mol. The van der Waals surface area contributed by atoms with Crippen LogP contribution in [0.5, 0.6) is 11.5 Å². The Bertz CT molecular complexity index is 856. The smallest absolute Gasteiger partial charge is 0.344 e. The molecule has 5 nitrogen and oxygen atoms in total. The first-order chi connectivity index (χ1) is 11.4. The van der Waals surface area contributed by atoms with Gasteiger partial charge in [0, 0.05) is 6.07 Å². The van der Waals surface area contributed by atoms with E-state index in [1.165, 1.54) is 49.4 Å². The number of halogens is 1. The van der Waals surface area contributed by atoms with Crippen LogP contribution in [-0.2, 0) is 4.79 Å². The number of aliphatic carboxylic acids is 1. The van der Waals surface area contributed by atoms with Gasteiger partial charge in [-0.1, -0.05) is 12.1 Å². The van der Waals surface area contributed by atoms with Crippen molar-refractivity contribution in [3.05, 3.63) is 65.2 Å². The van der Waals surface area contributed by atoms with E-state index >= 15 is 0 Å². The van der Waals surface area contributed by atoms with Crippen LogP contribution in [0.2, 0.25) is 0 Å². The van der Waals surface area contributed by atoms with E-state index in [2.05, 4.69) is 0 Å². The minimum absolute atomic E-state index is 0.0685. The van der Waals surface area contributed by atoms with Crippen molar-refractivity contribution in [2.75, 3.05) is 0 Å². The average Bonchev–Trinajstić information content (AvgIpc) is 2.83. The second kappa shape index (κ2) is 6.16. The minimum Gasteiger partial charge on any atom is -0.479 e. The summed E-state index contributed by atoms with van der Waals surface area (Å²) in [5.41, 5.74) is 0.843. The molecule has 2 aromatic carbocycles. The van der Waals surface area contributed by atoms with Crippen LogP contribution in [-0.4, -0.2) is 23.0 Å². The van der Waals surface area contributed by atoms with E-state index in [1.807, 2.05) is 0 Å². The molecule has 2 aromatic rings. The van der Waals surface area contributed by atoms with Crippen LogP contribution in [0, 0.1) is 5.82 Å². The maximum atomic E-state index is 13.2. The molecule has 1 atom stereocenters. The number of rotatable bonds is 4. The lowest BCUT2D eigenvalue weighted by molar-refractivity contribution is -0.144. The Labute approximate surface area is 136 Å². The molecule has 0 amide bonds. The molecule has 0 radical (unpaired) electrons. The molecule has 0 fully saturated rings. The molecule has 1 unspecified atom stereocenters. The standard InChI is InChI=1S/C18H13FO5/c1-10(18(21)22)23-13-5-6-14-15(9-13)24-16(17(14)20)8-11-3-2-4-12(19)7-11/h2-10H,1H3,(H,21,22). The van der Waals surface area contributed by atoms with Gasteiger partial charge in [0.15, 0.2) is 11.9 Å². The van der Waals surface area contributed by atoms with Gasteiger partial charge in [-0.15, -0.1) is 0 Å². The zero-order chi connectivity index (χ0) is 17.3. The number of fused-ring (bicyclic) bond motifs is 1. The maximum Gasteiger partial charge on any atom is 0.344 e.